The van der Waals surface area contributed by atoms with Crippen molar-refractivity contribution in [2.45, 2.75) is 12.8 Å². The van der Waals surface area contributed by atoms with Crippen molar-refractivity contribution in [2.75, 3.05) is 19.8 Å². The van der Waals surface area contributed by atoms with Crippen molar-refractivity contribution in [3.05, 3.63) is 11.4 Å². The van der Waals surface area contributed by atoms with Gasteiger partial charge in [-0.15, -0.1) is 0 Å². The van der Waals surface area contributed by atoms with Gasteiger partial charge in [0.15, 0.2) is 0 Å². The highest BCUT2D eigenvalue weighted by Gasteiger charge is 2.12. The van der Waals surface area contributed by atoms with Gasteiger partial charge in [-0.2, -0.15) is 0 Å². The first-order valence-electron chi connectivity index (χ1n) is 4.21. The van der Waals surface area contributed by atoms with Gasteiger partial charge in [-0.05, 0) is 18.8 Å². The Balaban J connectivity index is 2.09. The molecule has 1 saturated heterocycles. The van der Waals surface area contributed by atoms with Gasteiger partial charge >= 0.3 is 0 Å². The largest absolute Gasteiger partial charge is 0.388 e. The molecule has 0 saturated carbocycles. The van der Waals surface area contributed by atoms with Crippen LogP contribution in [0.1, 0.15) is 12.8 Å². The lowest BCUT2D eigenvalue weighted by molar-refractivity contribution is 0.0672. The monoisotopic (exact) mass is 190 g/mol. The first-order valence-corrected chi connectivity index (χ1v) is 4.59. The molecule has 0 unspecified atom stereocenters. The first-order chi connectivity index (χ1) is 5.79. The van der Waals surface area contributed by atoms with E-state index in [0.29, 0.717) is 11.1 Å². The molecule has 12 heavy (non-hydrogen) atoms. The van der Waals surface area contributed by atoms with Crippen molar-refractivity contribution < 1.29 is 4.74 Å². The van der Waals surface area contributed by atoms with E-state index >= 15 is 0 Å². The van der Waals surface area contributed by atoms with Crippen LogP contribution in [0.2, 0.25) is 0 Å². The predicted molar refractivity (Wildman–Crippen MR) is 49.7 cm³/mol. The quantitative estimate of drug-likeness (QED) is 0.653. The number of rotatable bonds is 3. The third kappa shape index (κ3) is 3.83. The zero-order valence-corrected chi connectivity index (χ0v) is 7.81. The smallest absolute Gasteiger partial charge is 0.115 e. The van der Waals surface area contributed by atoms with Crippen molar-refractivity contribution in [3.63, 3.8) is 0 Å². The molecule has 0 radical (unpaired) electrons. The van der Waals surface area contributed by atoms with Crippen LogP contribution in [-0.4, -0.2) is 19.8 Å². The first kappa shape index (κ1) is 9.68. The highest BCUT2D eigenvalue weighted by molar-refractivity contribution is 6.28. The Morgan fingerprint density at radius 1 is 1.58 bits per heavy atom. The molecule has 1 heterocycles. The van der Waals surface area contributed by atoms with E-state index in [1.807, 2.05) is 0 Å². The predicted octanol–water partition coefficient (Wildman–Crippen LogP) is 0.999. The third-order valence-electron chi connectivity index (χ3n) is 1.99. The average Bonchev–Trinajstić information content (AvgIpc) is 2.05. The van der Waals surface area contributed by atoms with E-state index in [1.54, 1.807) is 6.20 Å². The summed E-state index contributed by atoms with van der Waals surface area (Å²) in [6.07, 6.45) is 3.89. The van der Waals surface area contributed by atoms with Gasteiger partial charge in [0.25, 0.3) is 0 Å². The summed E-state index contributed by atoms with van der Waals surface area (Å²) in [7, 11) is 0. The molecule has 0 aromatic carbocycles. The van der Waals surface area contributed by atoms with Crippen molar-refractivity contribution in [1.82, 2.24) is 5.32 Å². The molecule has 0 aromatic heterocycles. The van der Waals surface area contributed by atoms with Crippen LogP contribution >= 0.6 is 11.6 Å². The van der Waals surface area contributed by atoms with Crippen LogP contribution in [0.3, 0.4) is 0 Å². The maximum absolute atomic E-state index is 5.45. The van der Waals surface area contributed by atoms with Crippen molar-refractivity contribution >= 4 is 11.6 Å². The highest BCUT2D eigenvalue weighted by Crippen LogP contribution is 2.12. The van der Waals surface area contributed by atoms with Gasteiger partial charge in [0.1, 0.15) is 5.16 Å². The summed E-state index contributed by atoms with van der Waals surface area (Å²) in [5.41, 5.74) is 5.25. The van der Waals surface area contributed by atoms with Crippen LogP contribution in [0.25, 0.3) is 0 Å². The molecule has 0 atom stereocenters. The molecule has 1 aliphatic heterocycles. The standard InChI is InChI=1S/C8H15ClN2O/c9-8(10)6-11-5-7-1-3-12-4-2-7/h6-7,11H,1-5,10H2/b8-6-. The summed E-state index contributed by atoms with van der Waals surface area (Å²) in [5, 5.41) is 3.39. The highest BCUT2D eigenvalue weighted by atomic mass is 35.5. The van der Waals surface area contributed by atoms with Gasteiger partial charge in [-0.1, -0.05) is 11.6 Å². The fourth-order valence-corrected chi connectivity index (χ4v) is 1.35. The van der Waals surface area contributed by atoms with Gasteiger partial charge in [-0.25, -0.2) is 0 Å². The molecule has 0 aliphatic carbocycles. The minimum Gasteiger partial charge on any atom is -0.388 e. The molecular weight excluding hydrogens is 176 g/mol. The minimum atomic E-state index is 0.307. The van der Waals surface area contributed by atoms with Crippen LogP contribution in [0.4, 0.5) is 0 Å². The fraction of sp³-hybridized carbons (Fsp3) is 0.750. The second-order valence-corrected chi connectivity index (χ2v) is 3.43. The lowest BCUT2D eigenvalue weighted by Gasteiger charge is -2.21. The van der Waals surface area contributed by atoms with E-state index in [4.69, 9.17) is 22.1 Å². The Hall–Kier alpha value is -0.410. The molecule has 1 fully saturated rings. The van der Waals surface area contributed by atoms with Crippen LogP contribution < -0.4 is 11.1 Å². The van der Waals surface area contributed by atoms with E-state index in [1.165, 1.54) is 0 Å². The molecule has 1 rings (SSSR count). The number of nitrogens with two attached hydrogens (primary N) is 1. The molecule has 0 bridgehead atoms. The van der Waals surface area contributed by atoms with Crippen LogP contribution in [0, 0.1) is 5.92 Å². The molecule has 4 heteroatoms. The Bertz CT molecular complexity index is 151. The molecular formula is C8H15ClN2O. The maximum Gasteiger partial charge on any atom is 0.115 e. The molecule has 70 valence electrons. The summed E-state index contributed by atoms with van der Waals surface area (Å²) >= 11 is 5.45. The number of hydrogen-bond donors (Lipinski definition) is 2. The Morgan fingerprint density at radius 3 is 2.83 bits per heavy atom. The third-order valence-corrected chi connectivity index (χ3v) is 2.10. The SMILES string of the molecule is N/C(Cl)=C\NCC1CCOCC1. The van der Waals surface area contributed by atoms with Gasteiger partial charge in [0.2, 0.25) is 0 Å². The molecule has 0 aromatic rings. The van der Waals surface area contributed by atoms with Crippen molar-refractivity contribution in [1.29, 1.82) is 0 Å². The fourth-order valence-electron chi connectivity index (χ4n) is 1.27. The normalized spacial score (nSPS) is 20.9. The number of halogens is 1. The topological polar surface area (TPSA) is 47.3 Å². The van der Waals surface area contributed by atoms with E-state index in [0.717, 1.165) is 32.6 Å². The van der Waals surface area contributed by atoms with Crippen LogP contribution in [0.5, 0.6) is 0 Å². The molecule has 0 amide bonds. The summed E-state index contributed by atoms with van der Waals surface area (Å²) in [5.74, 6) is 0.700. The molecule has 0 spiro atoms. The number of ether oxygens (including phenoxy) is 1. The Labute approximate surface area is 77.9 Å². The number of nitrogens with one attached hydrogen (secondary N) is 1. The Morgan fingerprint density at radius 2 is 2.25 bits per heavy atom. The van der Waals surface area contributed by atoms with E-state index in [9.17, 15) is 0 Å². The van der Waals surface area contributed by atoms with Gasteiger partial charge < -0.3 is 15.8 Å². The summed E-state index contributed by atoms with van der Waals surface area (Å²) in [4.78, 5) is 0. The van der Waals surface area contributed by atoms with E-state index < -0.39 is 0 Å². The second-order valence-electron chi connectivity index (χ2n) is 2.99. The second kappa shape index (κ2) is 5.27. The zero-order chi connectivity index (χ0) is 8.81. The molecule has 1 aliphatic rings. The summed E-state index contributed by atoms with van der Waals surface area (Å²) in [6, 6.07) is 0. The minimum absolute atomic E-state index is 0.307. The zero-order valence-electron chi connectivity index (χ0n) is 7.05. The van der Waals surface area contributed by atoms with Gasteiger partial charge in [0, 0.05) is 26.0 Å². The number of hydrogen-bond acceptors (Lipinski definition) is 3. The lowest BCUT2D eigenvalue weighted by atomic mass is 10.0. The van der Waals surface area contributed by atoms with Crippen molar-refractivity contribution in [2.24, 2.45) is 11.7 Å². The lowest BCUT2D eigenvalue weighted by Crippen LogP contribution is -2.25. The Kier molecular flexibility index (Phi) is 4.25. The summed E-state index contributed by atoms with van der Waals surface area (Å²) in [6.45, 7) is 2.70. The molecule has 3 nitrogen and oxygen atoms in total. The van der Waals surface area contributed by atoms with Gasteiger partial charge in [-0.3, -0.25) is 0 Å². The summed E-state index contributed by atoms with van der Waals surface area (Å²) < 4.78 is 5.23. The van der Waals surface area contributed by atoms with E-state index in [-0.39, 0.29) is 0 Å². The average molecular weight is 191 g/mol. The van der Waals surface area contributed by atoms with E-state index in [2.05, 4.69) is 5.32 Å². The van der Waals surface area contributed by atoms with Crippen LogP contribution in [0.15, 0.2) is 11.4 Å². The maximum atomic E-state index is 5.45. The van der Waals surface area contributed by atoms with Gasteiger partial charge in [0.05, 0.1) is 0 Å². The van der Waals surface area contributed by atoms with Crippen molar-refractivity contribution in [3.8, 4) is 0 Å². The molecule has 3 N–H and O–H groups in total. The van der Waals surface area contributed by atoms with Crippen LogP contribution in [-0.2, 0) is 4.74 Å².